The number of nitrogen functional groups attached to an aromatic ring is 1. The Morgan fingerprint density at radius 2 is 2.00 bits per heavy atom. The number of rotatable bonds is 2. The number of halogens is 1. The summed E-state index contributed by atoms with van der Waals surface area (Å²) in [5.74, 6) is 2.23. The number of aromatic nitrogens is 2. The minimum Gasteiger partial charge on any atom is -0.486 e. The summed E-state index contributed by atoms with van der Waals surface area (Å²) < 4.78 is 11.1. The smallest absolute Gasteiger partial charge is 0.179 e. The van der Waals surface area contributed by atoms with E-state index in [1.807, 2.05) is 19.9 Å². The highest BCUT2D eigenvalue weighted by Crippen LogP contribution is 2.40. The van der Waals surface area contributed by atoms with Crippen LogP contribution in [-0.2, 0) is 6.42 Å². The van der Waals surface area contributed by atoms with Gasteiger partial charge in [0.1, 0.15) is 19.0 Å². The molecule has 0 saturated carbocycles. The van der Waals surface area contributed by atoms with Gasteiger partial charge in [0.05, 0.1) is 5.02 Å². The molecule has 0 radical (unpaired) electrons. The molecule has 1 aromatic heterocycles. The predicted octanol–water partition coefficient (Wildman–Crippen LogP) is 3.02. The standard InChI is InChI=1S/C15H16ClN3O2/c1-3-10-8(2)18-15(19-14(10)17)9-6-11(16)13-12(7-9)20-4-5-21-13/h6-7H,3-5H2,1-2H3,(H2,17,18,19). The van der Waals surface area contributed by atoms with Crippen LogP contribution in [0.1, 0.15) is 18.2 Å². The summed E-state index contributed by atoms with van der Waals surface area (Å²) in [5, 5.41) is 0.488. The van der Waals surface area contributed by atoms with E-state index in [1.54, 1.807) is 6.07 Å². The summed E-state index contributed by atoms with van der Waals surface area (Å²) in [6.45, 7) is 4.96. The molecule has 1 aliphatic heterocycles. The molecule has 2 N–H and O–H groups in total. The van der Waals surface area contributed by atoms with Gasteiger partial charge in [-0.05, 0) is 25.5 Å². The maximum absolute atomic E-state index is 6.24. The van der Waals surface area contributed by atoms with Gasteiger partial charge in [-0.25, -0.2) is 9.97 Å². The van der Waals surface area contributed by atoms with E-state index in [1.165, 1.54) is 0 Å². The second-order valence-electron chi connectivity index (χ2n) is 4.83. The first-order valence-corrected chi connectivity index (χ1v) is 7.20. The number of benzene rings is 1. The van der Waals surface area contributed by atoms with Gasteiger partial charge < -0.3 is 15.2 Å². The maximum Gasteiger partial charge on any atom is 0.179 e. The van der Waals surface area contributed by atoms with E-state index >= 15 is 0 Å². The molecule has 1 aromatic carbocycles. The Bertz CT molecular complexity index is 681. The van der Waals surface area contributed by atoms with Gasteiger partial charge in [0.2, 0.25) is 0 Å². The lowest BCUT2D eigenvalue weighted by Crippen LogP contribution is -2.15. The number of aryl methyl sites for hydroxylation is 1. The van der Waals surface area contributed by atoms with E-state index < -0.39 is 0 Å². The zero-order valence-electron chi connectivity index (χ0n) is 11.9. The summed E-state index contributed by atoms with van der Waals surface area (Å²) >= 11 is 6.24. The predicted molar refractivity (Wildman–Crippen MR) is 82.0 cm³/mol. The van der Waals surface area contributed by atoms with Crippen molar-refractivity contribution < 1.29 is 9.47 Å². The number of nitrogens with zero attached hydrogens (tertiary/aromatic N) is 2. The van der Waals surface area contributed by atoms with Gasteiger partial charge in [0.25, 0.3) is 0 Å². The first kappa shape index (κ1) is 13.9. The van der Waals surface area contributed by atoms with Crippen LogP contribution in [-0.4, -0.2) is 23.2 Å². The van der Waals surface area contributed by atoms with Crippen molar-refractivity contribution in [2.75, 3.05) is 18.9 Å². The van der Waals surface area contributed by atoms with E-state index in [2.05, 4.69) is 9.97 Å². The highest BCUT2D eigenvalue weighted by Gasteiger charge is 2.19. The topological polar surface area (TPSA) is 70.3 Å². The number of anilines is 1. The van der Waals surface area contributed by atoms with E-state index in [-0.39, 0.29) is 0 Å². The van der Waals surface area contributed by atoms with Gasteiger partial charge in [0.15, 0.2) is 17.3 Å². The summed E-state index contributed by atoms with van der Waals surface area (Å²) in [4.78, 5) is 8.90. The number of ether oxygens (including phenoxy) is 2. The van der Waals surface area contributed by atoms with Gasteiger partial charge in [-0.3, -0.25) is 0 Å². The molecule has 5 nitrogen and oxygen atoms in total. The minimum absolute atomic E-state index is 0.488. The van der Waals surface area contributed by atoms with Crippen LogP contribution >= 0.6 is 11.6 Å². The third-order valence-corrected chi connectivity index (χ3v) is 3.74. The molecule has 0 fully saturated rings. The Morgan fingerprint density at radius 3 is 2.71 bits per heavy atom. The fraction of sp³-hybridized carbons (Fsp3) is 0.333. The normalized spacial score (nSPS) is 13.3. The van der Waals surface area contributed by atoms with E-state index in [9.17, 15) is 0 Å². The van der Waals surface area contributed by atoms with Crippen LogP contribution in [0, 0.1) is 6.92 Å². The Kier molecular flexibility index (Phi) is 3.59. The summed E-state index contributed by atoms with van der Waals surface area (Å²) in [5.41, 5.74) is 8.63. The molecule has 6 heteroatoms. The molecule has 3 rings (SSSR count). The lowest BCUT2D eigenvalue weighted by molar-refractivity contribution is 0.172. The summed E-state index contributed by atoms with van der Waals surface area (Å²) in [7, 11) is 0. The Labute approximate surface area is 128 Å². The molecule has 1 aliphatic rings. The van der Waals surface area contributed by atoms with Crippen LogP contribution in [0.4, 0.5) is 5.82 Å². The van der Waals surface area contributed by atoms with Gasteiger partial charge in [-0.1, -0.05) is 18.5 Å². The average Bonchev–Trinajstić information content (AvgIpc) is 2.47. The first-order valence-electron chi connectivity index (χ1n) is 6.82. The van der Waals surface area contributed by atoms with Crippen molar-refractivity contribution in [3.63, 3.8) is 0 Å². The maximum atomic E-state index is 6.24. The number of fused-ring (bicyclic) bond motifs is 1. The van der Waals surface area contributed by atoms with Crippen molar-refractivity contribution in [1.29, 1.82) is 0 Å². The molecule has 0 amide bonds. The third kappa shape index (κ3) is 2.49. The lowest BCUT2D eigenvalue weighted by atomic mass is 10.1. The van der Waals surface area contributed by atoms with Crippen LogP contribution in [0.3, 0.4) is 0 Å². The Balaban J connectivity index is 2.11. The number of nitrogens with two attached hydrogens (primary N) is 1. The Morgan fingerprint density at radius 1 is 1.24 bits per heavy atom. The lowest BCUT2D eigenvalue weighted by Gasteiger charge is -2.20. The largest absolute Gasteiger partial charge is 0.486 e. The monoisotopic (exact) mass is 305 g/mol. The van der Waals surface area contributed by atoms with Crippen LogP contribution in [0.2, 0.25) is 5.02 Å². The fourth-order valence-corrected chi connectivity index (χ4v) is 2.69. The number of hydrogen-bond acceptors (Lipinski definition) is 5. The molecule has 0 saturated heterocycles. The average molecular weight is 306 g/mol. The molecule has 21 heavy (non-hydrogen) atoms. The zero-order chi connectivity index (χ0) is 15.0. The van der Waals surface area contributed by atoms with Gasteiger partial charge in [0, 0.05) is 16.8 Å². The van der Waals surface area contributed by atoms with E-state index in [4.69, 9.17) is 26.8 Å². The highest BCUT2D eigenvalue weighted by atomic mass is 35.5. The van der Waals surface area contributed by atoms with Crippen LogP contribution < -0.4 is 15.2 Å². The van der Waals surface area contributed by atoms with Crippen molar-refractivity contribution >= 4 is 17.4 Å². The Hall–Kier alpha value is -2.01. The van der Waals surface area contributed by atoms with Crippen molar-refractivity contribution in [3.8, 4) is 22.9 Å². The summed E-state index contributed by atoms with van der Waals surface area (Å²) in [6, 6.07) is 3.61. The highest BCUT2D eigenvalue weighted by molar-refractivity contribution is 6.32. The molecule has 0 aliphatic carbocycles. The fourth-order valence-electron chi connectivity index (χ4n) is 2.42. The molecular formula is C15H16ClN3O2. The molecular weight excluding hydrogens is 290 g/mol. The van der Waals surface area contributed by atoms with E-state index in [0.29, 0.717) is 41.4 Å². The van der Waals surface area contributed by atoms with Crippen molar-refractivity contribution in [2.45, 2.75) is 20.3 Å². The van der Waals surface area contributed by atoms with Crippen molar-refractivity contribution in [1.82, 2.24) is 9.97 Å². The van der Waals surface area contributed by atoms with Gasteiger partial charge in [-0.15, -0.1) is 0 Å². The third-order valence-electron chi connectivity index (χ3n) is 3.45. The quantitative estimate of drug-likeness (QED) is 0.923. The van der Waals surface area contributed by atoms with Crippen molar-refractivity contribution in [2.24, 2.45) is 0 Å². The molecule has 0 bridgehead atoms. The zero-order valence-corrected chi connectivity index (χ0v) is 12.7. The minimum atomic E-state index is 0.488. The SMILES string of the molecule is CCc1c(C)nc(-c2cc(Cl)c3c(c2)OCCO3)nc1N. The van der Waals surface area contributed by atoms with Gasteiger partial charge in [-0.2, -0.15) is 0 Å². The molecule has 110 valence electrons. The van der Waals surface area contributed by atoms with Crippen LogP contribution in [0.15, 0.2) is 12.1 Å². The molecule has 0 atom stereocenters. The summed E-state index contributed by atoms with van der Waals surface area (Å²) in [6.07, 6.45) is 0.805. The van der Waals surface area contributed by atoms with Gasteiger partial charge >= 0.3 is 0 Å². The molecule has 2 aromatic rings. The first-order chi connectivity index (χ1) is 10.1. The second-order valence-corrected chi connectivity index (χ2v) is 5.24. The van der Waals surface area contributed by atoms with E-state index in [0.717, 1.165) is 23.2 Å². The second kappa shape index (κ2) is 5.41. The number of hydrogen-bond donors (Lipinski definition) is 1. The van der Waals surface area contributed by atoms with Crippen LogP contribution in [0.25, 0.3) is 11.4 Å². The molecule has 2 heterocycles. The van der Waals surface area contributed by atoms with Crippen molar-refractivity contribution in [3.05, 3.63) is 28.4 Å². The molecule has 0 spiro atoms. The van der Waals surface area contributed by atoms with Crippen LogP contribution in [0.5, 0.6) is 11.5 Å². The molecule has 0 unspecified atom stereocenters.